The van der Waals surface area contributed by atoms with Crippen molar-refractivity contribution in [3.05, 3.63) is 9.51 Å². The number of rotatable bonds is 2. The molecule has 0 aromatic rings. The zero-order valence-electron chi connectivity index (χ0n) is 6.39. The number of carbonyl (C=O) groups excluding carboxylic acids is 2. The van der Waals surface area contributed by atoms with Gasteiger partial charge in [0.05, 0.1) is 14.2 Å². The molecule has 0 unspecified atom stereocenters. The summed E-state index contributed by atoms with van der Waals surface area (Å²) in [4.78, 5) is 21.5. The number of ether oxygens (including phenoxy) is 2. The third kappa shape index (κ3) is 2.83. The Morgan fingerprint density at radius 2 is 1.58 bits per heavy atom. The van der Waals surface area contributed by atoms with Crippen molar-refractivity contribution in [3.8, 4) is 0 Å². The minimum atomic E-state index is -0.797. The van der Waals surface area contributed by atoms with Crippen molar-refractivity contribution in [1.82, 2.24) is 0 Å². The topological polar surface area (TPSA) is 52.6 Å². The Morgan fingerprint density at radius 1 is 1.17 bits per heavy atom. The first kappa shape index (κ1) is 11.4. The highest BCUT2D eigenvalue weighted by atomic mass is 79.9. The first-order chi connectivity index (χ1) is 5.54. The largest absolute Gasteiger partial charge is 0.465 e. The Kier molecular flexibility index (Phi) is 4.92. The Hall–Kier alpha value is -0.550. The number of esters is 2. The van der Waals surface area contributed by atoms with Gasteiger partial charge in [-0.2, -0.15) is 0 Å². The van der Waals surface area contributed by atoms with E-state index >= 15 is 0 Å². The molecule has 6 heteroatoms. The van der Waals surface area contributed by atoms with Crippen LogP contribution in [0.25, 0.3) is 0 Å². The molecule has 0 saturated carbocycles. The van der Waals surface area contributed by atoms with Crippen molar-refractivity contribution in [1.29, 1.82) is 0 Å². The molecule has 0 aliphatic heterocycles. The smallest absolute Gasteiger partial charge is 0.350 e. The third-order valence-electron chi connectivity index (χ3n) is 0.922. The molecule has 0 aliphatic carbocycles. The maximum absolute atomic E-state index is 10.8. The number of hydrogen-bond acceptors (Lipinski definition) is 4. The lowest BCUT2D eigenvalue weighted by molar-refractivity contribution is -0.138. The molecular weight excluding hydrogens is 251 g/mol. The molecule has 0 aromatic carbocycles. The summed E-state index contributed by atoms with van der Waals surface area (Å²) in [5.74, 6) is -1.53. The van der Waals surface area contributed by atoms with Crippen LogP contribution in [0.3, 0.4) is 0 Å². The molecule has 0 atom stereocenters. The average Bonchev–Trinajstić information content (AvgIpc) is 2.12. The van der Waals surface area contributed by atoms with Crippen molar-refractivity contribution in [3.63, 3.8) is 0 Å². The summed E-state index contributed by atoms with van der Waals surface area (Å²) in [5.41, 5.74) is 0. The second kappa shape index (κ2) is 5.16. The third-order valence-corrected chi connectivity index (χ3v) is 2.21. The van der Waals surface area contributed by atoms with Gasteiger partial charge >= 0.3 is 11.9 Å². The van der Waals surface area contributed by atoms with Gasteiger partial charge < -0.3 is 9.47 Å². The predicted molar refractivity (Wildman–Crippen MR) is 45.8 cm³/mol. The van der Waals surface area contributed by atoms with E-state index in [-0.39, 0.29) is 9.51 Å². The Labute approximate surface area is 82.6 Å². The Balaban J connectivity index is 4.68. The van der Waals surface area contributed by atoms with Crippen molar-refractivity contribution in [2.75, 3.05) is 14.2 Å². The minimum Gasteiger partial charge on any atom is -0.465 e. The highest BCUT2D eigenvalue weighted by Gasteiger charge is 2.17. The molecule has 0 aromatic heterocycles. The summed E-state index contributed by atoms with van der Waals surface area (Å²) in [6, 6.07) is 0. The van der Waals surface area contributed by atoms with Crippen LogP contribution in [-0.4, -0.2) is 26.2 Å². The molecule has 0 saturated heterocycles. The molecular formula is C6H6BrClO4. The molecule has 0 N–H and O–H groups in total. The predicted octanol–water partition coefficient (Wildman–Crippen LogP) is 1.18. The summed E-state index contributed by atoms with van der Waals surface area (Å²) >= 11 is 8.20. The van der Waals surface area contributed by atoms with Crippen LogP contribution < -0.4 is 0 Å². The minimum absolute atomic E-state index is 0.154. The van der Waals surface area contributed by atoms with Crippen LogP contribution in [-0.2, 0) is 19.1 Å². The van der Waals surface area contributed by atoms with Crippen LogP contribution in [0.1, 0.15) is 0 Å². The highest BCUT2D eigenvalue weighted by molar-refractivity contribution is 9.12. The number of hydrogen-bond donors (Lipinski definition) is 0. The van der Waals surface area contributed by atoms with E-state index in [1.165, 1.54) is 7.11 Å². The average molecular weight is 257 g/mol. The van der Waals surface area contributed by atoms with Gasteiger partial charge in [0, 0.05) is 0 Å². The van der Waals surface area contributed by atoms with Crippen LogP contribution in [0.2, 0.25) is 0 Å². The van der Waals surface area contributed by atoms with E-state index < -0.39 is 11.9 Å². The monoisotopic (exact) mass is 256 g/mol. The molecule has 4 nitrogen and oxygen atoms in total. The van der Waals surface area contributed by atoms with Crippen LogP contribution in [0.15, 0.2) is 9.51 Å². The van der Waals surface area contributed by atoms with E-state index in [0.717, 1.165) is 7.11 Å². The number of carbonyl (C=O) groups is 2. The fourth-order valence-electron chi connectivity index (χ4n) is 0.358. The SMILES string of the molecule is COC(=O)/C(Cl)=C(\Br)C(=O)OC. The maximum Gasteiger partial charge on any atom is 0.350 e. The van der Waals surface area contributed by atoms with Crippen molar-refractivity contribution in [2.45, 2.75) is 0 Å². The zero-order valence-corrected chi connectivity index (χ0v) is 8.73. The molecule has 0 heterocycles. The number of methoxy groups -OCH3 is 2. The lowest BCUT2D eigenvalue weighted by atomic mass is 10.5. The highest BCUT2D eigenvalue weighted by Crippen LogP contribution is 2.18. The summed E-state index contributed by atoms with van der Waals surface area (Å²) in [6.07, 6.45) is 0. The molecule has 0 amide bonds. The zero-order chi connectivity index (χ0) is 9.72. The van der Waals surface area contributed by atoms with Gasteiger partial charge in [0.2, 0.25) is 0 Å². The summed E-state index contributed by atoms with van der Waals surface area (Å²) in [7, 11) is 2.33. The lowest BCUT2D eigenvalue weighted by Crippen LogP contribution is -2.07. The van der Waals surface area contributed by atoms with E-state index in [9.17, 15) is 9.59 Å². The van der Waals surface area contributed by atoms with E-state index in [1.807, 2.05) is 0 Å². The molecule has 0 fully saturated rings. The van der Waals surface area contributed by atoms with Crippen LogP contribution in [0, 0.1) is 0 Å². The van der Waals surface area contributed by atoms with Gasteiger partial charge in [-0.15, -0.1) is 0 Å². The van der Waals surface area contributed by atoms with Gasteiger partial charge in [-0.25, -0.2) is 9.59 Å². The number of halogens is 2. The van der Waals surface area contributed by atoms with Gasteiger partial charge in [0.15, 0.2) is 0 Å². The standard InChI is InChI=1S/C6H6BrClO4/c1-11-5(9)3(7)4(8)6(10)12-2/h1-2H3/b4-3+. The second-order valence-corrected chi connectivity index (χ2v) is 2.78. The maximum atomic E-state index is 10.8. The fourth-order valence-corrected chi connectivity index (χ4v) is 0.836. The normalized spacial score (nSPS) is 11.7. The molecule has 0 bridgehead atoms. The fraction of sp³-hybridized carbons (Fsp3) is 0.333. The van der Waals surface area contributed by atoms with E-state index in [0.29, 0.717) is 0 Å². The van der Waals surface area contributed by atoms with Crippen LogP contribution in [0.4, 0.5) is 0 Å². The van der Waals surface area contributed by atoms with E-state index in [1.54, 1.807) is 0 Å². The molecule has 0 spiro atoms. The van der Waals surface area contributed by atoms with Gasteiger partial charge in [0.25, 0.3) is 0 Å². The van der Waals surface area contributed by atoms with Gasteiger partial charge in [-0.3, -0.25) is 0 Å². The first-order valence-corrected chi connectivity index (χ1v) is 3.93. The van der Waals surface area contributed by atoms with Gasteiger partial charge in [0.1, 0.15) is 9.51 Å². The van der Waals surface area contributed by atoms with Crippen molar-refractivity contribution >= 4 is 39.5 Å². The van der Waals surface area contributed by atoms with Crippen LogP contribution >= 0.6 is 27.5 Å². The molecule has 0 aliphatic rings. The van der Waals surface area contributed by atoms with E-state index in [2.05, 4.69) is 25.4 Å². The molecule has 0 rings (SSSR count). The Morgan fingerprint density at radius 3 is 1.92 bits per heavy atom. The van der Waals surface area contributed by atoms with Crippen LogP contribution in [0.5, 0.6) is 0 Å². The molecule has 12 heavy (non-hydrogen) atoms. The quantitative estimate of drug-likeness (QED) is 0.550. The first-order valence-electron chi connectivity index (χ1n) is 2.76. The van der Waals surface area contributed by atoms with E-state index in [4.69, 9.17) is 11.6 Å². The van der Waals surface area contributed by atoms with Gasteiger partial charge in [-0.1, -0.05) is 11.6 Å². The second-order valence-electron chi connectivity index (χ2n) is 1.61. The lowest BCUT2D eigenvalue weighted by Gasteiger charge is -1.99. The summed E-state index contributed by atoms with van der Waals surface area (Å²) in [6.45, 7) is 0. The summed E-state index contributed by atoms with van der Waals surface area (Å²) in [5, 5.41) is -0.343. The van der Waals surface area contributed by atoms with Crippen molar-refractivity contribution in [2.24, 2.45) is 0 Å². The van der Waals surface area contributed by atoms with Gasteiger partial charge in [-0.05, 0) is 15.9 Å². The molecule has 0 radical (unpaired) electrons. The van der Waals surface area contributed by atoms with Crippen molar-refractivity contribution < 1.29 is 19.1 Å². The summed E-state index contributed by atoms with van der Waals surface area (Å²) < 4.78 is 8.40. The Bertz CT molecular complexity index is 212. The molecule has 68 valence electrons.